The number of ketones is 1. The van der Waals surface area contributed by atoms with Gasteiger partial charge in [0.05, 0.1) is 19.1 Å². The molecule has 28 heavy (non-hydrogen) atoms. The average molecular weight is 405 g/mol. The van der Waals surface area contributed by atoms with Gasteiger partial charge in [0.15, 0.2) is 11.2 Å². The van der Waals surface area contributed by atoms with Gasteiger partial charge >= 0.3 is 0 Å². The molecule has 0 fully saturated rings. The minimum absolute atomic E-state index is 0.0964. The lowest BCUT2D eigenvalue weighted by molar-refractivity contribution is -0.122. The van der Waals surface area contributed by atoms with Gasteiger partial charge in [-0.05, 0) is 43.3 Å². The van der Waals surface area contributed by atoms with Crippen LogP contribution in [-0.4, -0.2) is 36.9 Å². The van der Waals surface area contributed by atoms with E-state index in [0.29, 0.717) is 12.5 Å². The van der Waals surface area contributed by atoms with Gasteiger partial charge in [-0.3, -0.25) is 4.79 Å². The molecule has 3 unspecified atom stereocenters. The Hall–Kier alpha value is -1.59. The van der Waals surface area contributed by atoms with E-state index < -0.39 is 6.67 Å². The number of ether oxygens (including phenoxy) is 2. The van der Waals surface area contributed by atoms with Gasteiger partial charge in [-0.15, -0.1) is 11.8 Å². The zero-order chi connectivity index (χ0) is 19.8. The van der Waals surface area contributed by atoms with Gasteiger partial charge in [0.1, 0.15) is 12.4 Å². The Balaban J connectivity index is 1.42. The maximum atomic E-state index is 12.6. The number of alkyl halides is 1. The largest absolute Gasteiger partial charge is 0.479 e. The Labute approximate surface area is 171 Å². The maximum absolute atomic E-state index is 12.6. The fourth-order valence-electron chi connectivity index (χ4n) is 3.52. The van der Waals surface area contributed by atoms with E-state index >= 15 is 0 Å². The van der Waals surface area contributed by atoms with Crippen molar-refractivity contribution in [1.29, 1.82) is 0 Å². The van der Waals surface area contributed by atoms with Crippen LogP contribution in [0, 0.1) is 11.8 Å². The Morgan fingerprint density at radius 2 is 2.25 bits per heavy atom. The highest BCUT2D eigenvalue weighted by Gasteiger charge is 2.35. The van der Waals surface area contributed by atoms with Crippen LogP contribution in [-0.2, 0) is 14.3 Å². The average Bonchev–Trinajstić information content (AvgIpc) is 2.73. The van der Waals surface area contributed by atoms with Crippen LogP contribution in [0.3, 0.4) is 0 Å². The summed E-state index contributed by atoms with van der Waals surface area (Å²) in [5.41, 5.74) is 2.04. The molecule has 0 bridgehead atoms. The Bertz CT molecular complexity index is 705. The van der Waals surface area contributed by atoms with Crippen LogP contribution >= 0.6 is 11.8 Å². The Kier molecular flexibility index (Phi) is 8.16. The molecule has 0 N–H and O–H groups in total. The second kappa shape index (κ2) is 10.8. The van der Waals surface area contributed by atoms with Crippen molar-refractivity contribution in [2.45, 2.75) is 38.0 Å². The lowest BCUT2D eigenvalue weighted by atomic mass is 9.90. The summed E-state index contributed by atoms with van der Waals surface area (Å²) < 4.78 is 23.1. The molecule has 3 aliphatic rings. The van der Waals surface area contributed by atoms with E-state index in [0.717, 1.165) is 42.8 Å². The first-order valence-electron chi connectivity index (χ1n) is 10.1. The van der Waals surface area contributed by atoms with E-state index in [1.165, 1.54) is 5.57 Å². The van der Waals surface area contributed by atoms with Crippen LogP contribution in [0.4, 0.5) is 4.39 Å². The summed E-state index contributed by atoms with van der Waals surface area (Å²) in [4.78, 5) is 12.6. The van der Waals surface area contributed by atoms with Crippen molar-refractivity contribution < 1.29 is 18.7 Å². The lowest BCUT2D eigenvalue weighted by Crippen LogP contribution is -2.33. The smallest absolute Gasteiger partial charge is 0.169 e. The molecule has 1 aliphatic heterocycles. The minimum Gasteiger partial charge on any atom is -0.479 e. The van der Waals surface area contributed by atoms with Crippen molar-refractivity contribution in [3.63, 3.8) is 0 Å². The fraction of sp³-hybridized carbons (Fsp3) is 0.522. The number of hydrogen-bond donors (Lipinski definition) is 0. The number of hydrogen-bond acceptors (Lipinski definition) is 4. The predicted molar refractivity (Wildman–Crippen MR) is 113 cm³/mol. The predicted octanol–water partition coefficient (Wildman–Crippen LogP) is 5.32. The van der Waals surface area contributed by atoms with E-state index in [9.17, 15) is 9.18 Å². The molecule has 0 spiro atoms. The van der Waals surface area contributed by atoms with Crippen LogP contribution in [0.5, 0.6) is 0 Å². The second-order valence-corrected chi connectivity index (χ2v) is 8.43. The molecule has 0 aromatic heterocycles. The highest BCUT2D eigenvalue weighted by atomic mass is 32.2. The first-order valence-corrected chi connectivity index (χ1v) is 11.1. The summed E-state index contributed by atoms with van der Waals surface area (Å²) in [7, 11) is 0. The zero-order valence-electron chi connectivity index (χ0n) is 16.4. The Morgan fingerprint density at radius 1 is 1.36 bits per heavy atom. The number of halogens is 1. The van der Waals surface area contributed by atoms with Gasteiger partial charge in [-0.1, -0.05) is 43.4 Å². The van der Waals surface area contributed by atoms with E-state index in [1.807, 2.05) is 19.1 Å². The molecule has 0 saturated heterocycles. The summed E-state index contributed by atoms with van der Waals surface area (Å²) in [5, 5.41) is 0. The molecular formula is C23H29FO3S. The summed E-state index contributed by atoms with van der Waals surface area (Å²) in [6.45, 7) is 2.19. The standard InChI is InChI=1S/C23H29FO3S/c1-17-22(25)20-7-2-3-8-21(20)27-23(17)28-16-19-11-9-18(10-12-19)6-4-5-14-26-15-13-24/h3-5,8-9,11-12,17-18,23H,2,6-7,10,13-16H2,1H3/b5-4+. The third-order valence-corrected chi connectivity index (χ3v) is 6.54. The van der Waals surface area contributed by atoms with Gasteiger partial charge in [-0.25, -0.2) is 4.39 Å². The molecule has 3 nitrogen and oxygen atoms in total. The molecule has 0 aromatic rings. The number of carbonyl (C=O) groups is 1. The number of allylic oxidation sites excluding steroid dienone is 7. The molecule has 0 aromatic carbocycles. The number of rotatable bonds is 9. The third kappa shape index (κ3) is 5.71. The maximum Gasteiger partial charge on any atom is 0.169 e. The summed E-state index contributed by atoms with van der Waals surface area (Å²) in [6.07, 6.45) is 18.5. The molecule has 5 heteroatoms. The van der Waals surface area contributed by atoms with Gasteiger partial charge in [0, 0.05) is 11.3 Å². The van der Waals surface area contributed by atoms with Gasteiger partial charge in [0.2, 0.25) is 0 Å². The van der Waals surface area contributed by atoms with Crippen molar-refractivity contribution in [2.75, 3.05) is 25.6 Å². The van der Waals surface area contributed by atoms with E-state index in [-0.39, 0.29) is 23.7 Å². The molecule has 2 aliphatic carbocycles. The van der Waals surface area contributed by atoms with E-state index in [2.05, 4.69) is 30.4 Å². The number of carbonyl (C=O) groups excluding carboxylic acids is 1. The summed E-state index contributed by atoms with van der Waals surface area (Å²) >= 11 is 1.71. The molecule has 0 amide bonds. The van der Waals surface area contributed by atoms with E-state index in [1.54, 1.807) is 11.8 Å². The highest BCUT2D eigenvalue weighted by Crippen LogP contribution is 2.37. The Morgan fingerprint density at radius 3 is 3.04 bits per heavy atom. The van der Waals surface area contributed by atoms with Gasteiger partial charge in [-0.2, -0.15) is 0 Å². The quantitative estimate of drug-likeness (QED) is 0.385. The SMILES string of the molecule is CC1C(=O)C2=C(C=CCC2)OC1SCC1=CCC(C/C=C/COCCF)C=C1. The zero-order valence-corrected chi connectivity index (χ0v) is 17.3. The summed E-state index contributed by atoms with van der Waals surface area (Å²) in [6, 6.07) is 0. The normalized spacial score (nSPS) is 27.1. The molecule has 0 saturated carbocycles. The molecule has 3 rings (SSSR count). The van der Waals surface area contributed by atoms with Crippen molar-refractivity contribution in [1.82, 2.24) is 0 Å². The van der Waals surface area contributed by atoms with Crippen LogP contribution in [0.25, 0.3) is 0 Å². The van der Waals surface area contributed by atoms with Gasteiger partial charge < -0.3 is 9.47 Å². The van der Waals surface area contributed by atoms with Crippen molar-refractivity contribution in [3.8, 4) is 0 Å². The molecule has 3 atom stereocenters. The van der Waals surface area contributed by atoms with Crippen molar-refractivity contribution in [2.24, 2.45) is 11.8 Å². The van der Waals surface area contributed by atoms with Crippen LogP contribution in [0.15, 0.2) is 59.4 Å². The molecule has 152 valence electrons. The van der Waals surface area contributed by atoms with Crippen LogP contribution < -0.4 is 0 Å². The van der Waals surface area contributed by atoms with Crippen molar-refractivity contribution >= 4 is 17.5 Å². The first kappa shape index (κ1) is 21.1. The molecule has 0 radical (unpaired) electrons. The third-order valence-electron chi connectivity index (χ3n) is 5.21. The van der Waals surface area contributed by atoms with Crippen LogP contribution in [0.2, 0.25) is 0 Å². The monoisotopic (exact) mass is 404 g/mol. The minimum atomic E-state index is -0.431. The lowest BCUT2D eigenvalue weighted by Gasteiger charge is -2.32. The number of Topliss-reactive ketones (excluding diaryl/α,β-unsaturated/α-hetero) is 1. The van der Waals surface area contributed by atoms with Crippen molar-refractivity contribution in [3.05, 3.63) is 59.4 Å². The van der Waals surface area contributed by atoms with E-state index in [4.69, 9.17) is 9.47 Å². The second-order valence-electron chi connectivity index (χ2n) is 7.34. The molecule has 1 heterocycles. The fourth-order valence-corrected chi connectivity index (χ4v) is 4.67. The van der Waals surface area contributed by atoms with Gasteiger partial charge in [0.25, 0.3) is 0 Å². The summed E-state index contributed by atoms with van der Waals surface area (Å²) in [5.74, 6) is 2.28. The first-order chi connectivity index (χ1) is 13.7. The molecular weight excluding hydrogens is 375 g/mol. The number of thioether (sulfide) groups is 1. The highest BCUT2D eigenvalue weighted by molar-refractivity contribution is 8.00. The topological polar surface area (TPSA) is 35.5 Å². The van der Waals surface area contributed by atoms with Crippen LogP contribution in [0.1, 0.15) is 32.6 Å².